The van der Waals surface area contributed by atoms with E-state index in [1.807, 2.05) is 0 Å². The third-order valence-corrected chi connectivity index (χ3v) is 4.80. The molecule has 0 unspecified atom stereocenters. The maximum absolute atomic E-state index is 6.03. The van der Waals surface area contributed by atoms with Gasteiger partial charge in [0.25, 0.3) is 0 Å². The minimum Gasteiger partial charge on any atom is -0.378 e. The maximum atomic E-state index is 6.03. The van der Waals surface area contributed by atoms with Crippen molar-refractivity contribution in [3.63, 3.8) is 0 Å². The molecule has 1 aromatic heterocycles. The van der Waals surface area contributed by atoms with E-state index in [2.05, 4.69) is 44.3 Å². The average molecular weight is 313 g/mol. The zero-order valence-electron chi connectivity index (χ0n) is 13.3. The van der Waals surface area contributed by atoms with Crippen molar-refractivity contribution in [2.45, 2.75) is 18.9 Å². The van der Waals surface area contributed by atoms with Gasteiger partial charge in [-0.1, -0.05) is 24.3 Å². The van der Waals surface area contributed by atoms with Crippen molar-refractivity contribution in [1.29, 1.82) is 0 Å². The molecule has 0 atom stereocenters. The van der Waals surface area contributed by atoms with Gasteiger partial charge in [0, 0.05) is 43.0 Å². The number of fused-ring (bicyclic) bond motifs is 1. The van der Waals surface area contributed by atoms with Crippen molar-refractivity contribution < 1.29 is 4.74 Å². The second-order valence-corrected chi connectivity index (χ2v) is 6.32. The molecule has 2 N–H and O–H groups in total. The molecule has 6 heteroatoms. The molecule has 2 aliphatic heterocycles. The van der Waals surface area contributed by atoms with Crippen LogP contribution >= 0.6 is 0 Å². The molecule has 0 bridgehead atoms. The summed E-state index contributed by atoms with van der Waals surface area (Å²) in [7, 11) is 0. The number of morpholine rings is 1. The lowest BCUT2D eigenvalue weighted by Crippen LogP contribution is -2.40. The number of nitrogens with zero attached hydrogens (tertiary/aromatic N) is 4. The van der Waals surface area contributed by atoms with Gasteiger partial charge in [-0.25, -0.2) is 0 Å². The fourth-order valence-electron chi connectivity index (χ4n) is 3.43. The first-order valence-electron chi connectivity index (χ1n) is 8.41. The van der Waals surface area contributed by atoms with Gasteiger partial charge in [0.2, 0.25) is 0 Å². The van der Waals surface area contributed by atoms with Gasteiger partial charge in [-0.15, -0.1) is 10.2 Å². The van der Waals surface area contributed by atoms with E-state index >= 15 is 0 Å². The molecule has 2 saturated heterocycles. The molecule has 1 aromatic carbocycles. The van der Waals surface area contributed by atoms with Crippen LogP contribution in [0.15, 0.2) is 24.3 Å². The van der Waals surface area contributed by atoms with Crippen LogP contribution in [0.5, 0.6) is 0 Å². The summed E-state index contributed by atoms with van der Waals surface area (Å²) in [6.07, 6.45) is 2.03. The van der Waals surface area contributed by atoms with E-state index in [9.17, 15) is 0 Å². The first-order valence-corrected chi connectivity index (χ1v) is 8.41. The Hall–Kier alpha value is -1.92. The minimum atomic E-state index is 0.318. The molecular weight excluding hydrogens is 290 g/mol. The van der Waals surface area contributed by atoms with Crippen LogP contribution in [0.25, 0.3) is 10.8 Å². The third kappa shape index (κ3) is 2.84. The summed E-state index contributed by atoms with van der Waals surface area (Å²) in [5.41, 5.74) is 6.03. The first-order chi connectivity index (χ1) is 11.3. The Morgan fingerprint density at radius 1 is 0.870 bits per heavy atom. The lowest BCUT2D eigenvalue weighted by Gasteiger charge is -2.33. The smallest absolute Gasteiger partial charge is 0.159 e. The quantitative estimate of drug-likeness (QED) is 0.904. The monoisotopic (exact) mass is 313 g/mol. The molecule has 122 valence electrons. The summed E-state index contributed by atoms with van der Waals surface area (Å²) in [6, 6.07) is 8.76. The molecule has 23 heavy (non-hydrogen) atoms. The number of hydrogen-bond donors (Lipinski definition) is 1. The van der Waals surface area contributed by atoms with Crippen LogP contribution in [0.2, 0.25) is 0 Å². The first kappa shape index (κ1) is 14.7. The van der Waals surface area contributed by atoms with Gasteiger partial charge in [-0.3, -0.25) is 0 Å². The SMILES string of the molecule is NC1CCN(c2nnc(N3CCOCC3)c3ccccc23)CC1. The summed E-state index contributed by atoms with van der Waals surface area (Å²) in [4.78, 5) is 4.59. The van der Waals surface area contributed by atoms with Crippen molar-refractivity contribution in [2.24, 2.45) is 5.73 Å². The molecule has 0 spiro atoms. The number of nitrogens with two attached hydrogens (primary N) is 1. The van der Waals surface area contributed by atoms with E-state index in [1.54, 1.807) is 0 Å². The fraction of sp³-hybridized carbons (Fsp3) is 0.529. The van der Waals surface area contributed by atoms with Gasteiger partial charge in [0.05, 0.1) is 13.2 Å². The Morgan fingerprint density at radius 2 is 1.39 bits per heavy atom. The van der Waals surface area contributed by atoms with Gasteiger partial charge >= 0.3 is 0 Å². The highest BCUT2D eigenvalue weighted by Crippen LogP contribution is 2.31. The summed E-state index contributed by atoms with van der Waals surface area (Å²) in [5.74, 6) is 1.96. The second kappa shape index (κ2) is 6.29. The lowest BCUT2D eigenvalue weighted by molar-refractivity contribution is 0.122. The Labute approximate surface area is 136 Å². The van der Waals surface area contributed by atoms with Gasteiger partial charge in [0.1, 0.15) is 0 Å². The van der Waals surface area contributed by atoms with E-state index in [0.29, 0.717) is 6.04 Å². The van der Waals surface area contributed by atoms with Gasteiger partial charge in [-0.05, 0) is 12.8 Å². The van der Waals surface area contributed by atoms with Crippen molar-refractivity contribution >= 4 is 22.4 Å². The molecule has 6 nitrogen and oxygen atoms in total. The number of hydrogen-bond acceptors (Lipinski definition) is 6. The largest absolute Gasteiger partial charge is 0.378 e. The number of anilines is 2. The van der Waals surface area contributed by atoms with Crippen molar-refractivity contribution in [1.82, 2.24) is 10.2 Å². The van der Waals surface area contributed by atoms with Gasteiger partial charge in [-0.2, -0.15) is 0 Å². The Bertz CT molecular complexity index is 678. The van der Waals surface area contributed by atoms with Crippen LogP contribution in [-0.4, -0.2) is 55.6 Å². The van der Waals surface area contributed by atoms with E-state index in [4.69, 9.17) is 10.5 Å². The summed E-state index contributed by atoms with van der Waals surface area (Å²) in [5, 5.41) is 11.5. The third-order valence-electron chi connectivity index (χ3n) is 4.80. The van der Waals surface area contributed by atoms with Crippen molar-refractivity contribution in [3.8, 4) is 0 Å². The van der Waals surface area contributed by atoms with Gasteiger partial charge < -0.3 is 20.3 Å². The van der Waals surface area contributed by atoms with Crippen LogP contribution in [0.1, 0.15) is 12.8 Å². The van der Waals surface area contributed by atoms with E-state index < -0.39 is 0 Å². The van der Waals surface area contributed by atoms with Crippen LogP contribution in [-0.2, 0) is 4.74 Å². The highest BCUT2D eigenvalue weighted by atomic mass is 16.5. The molecular formula is C17H23N5O. The predicted octanol–water partition coefficient (Wildman–Crippen LogP) is 1.39. The Balaban J connectivity index is 1.73. The summed E-state index contributed by atoms with van der Waals surface area (Å²) < 4.78 is 5.45. The molecule has 4 rings (SSSR count). The molecule has 0 saturated carbocycles. The summed E-state index contributed by atoms with van der Waals surface area (Å²) in [6.45, 7) is 5.16. The van der Waals surface area contributed by atoms with Crippen LogP contribution in [0.4, 0.5) is 11.6 Å². The molecule has 2 aliphatic rings. The zero-order chi connectivity index (χ0) is 15.6. The van der Waals surface area contributed by atoms with Crippen LogP contribution < -0.4 is 15.5 Å². The molecule has 0 amide bonds. The van der Waals surface area contributed by atoms with Crippen LogP contribution in [0.3, 0.4) is 0 Å². The fourth-order valence-corrected chi connectivity index (χ4v) is 3.43. The average Bonchev–Trinajstić information content (AvgIpc) is 2.62. The number of piperidine rings is 1. The number of aromatic nitrogens is 2. The van der Waals surface area contributed by atoms with E-state index in [1.165, 1.54) is 10.8 Å². The molecule has 2 fully saturated rings. The minimum absolute atomic E-state index is 0.318. The Morgan fingerprint density at radius 3 is 1.96 bits per heavy atom. The van der Waals surface area contributed by atoms with E-state index in [0.717, 1.165) is 63.9 Å². The molecule has 0 radical (unpaired) electrons. The van der Waals surface area contributed by atoms with Crippen LogP contribution in [0, 0.1) is 0 Å². The normalized spacial score (nSPS) is 20.2. The zero-order valence-corrected chi connectivity index (χ0v) is 13.3. The van der Waals surface area contributed by atoms with Gasteiger partial charge in [0.15, 0.2) is 11.6 Å². The number of rotatable bonds is 2. The highest BCUT2D eigenvalue weighted by Gasteiger charge is 2.22. The molecule has 3 heterocycles. The summed E-state index contributed by atoms with van der Waals surface area (Å²) >= 11 is 0. The topological polar surface area (TPSA) is 67.5 Å². The second-order valence-electron chi connectivity index (χ2n) is 6.32. The highest BCUT2D eigenvalue weighted by molar-refractivity contribution is 5.98. The van der Waals surface area contributed by atoms with E-state index in [-0.39, 0.29) is 0 Å². The predicted molar refractivity (Wildman–Crippen MR) is 92.0 cm³/mol. The maximum Gasteiger partial charge on any atom is 0.159 e. The molecule has 0 aliphatic carbocycles. The lowest BCUT2D eigenvalue weighted by atomic mass is 10.1. The standard InChI is InChI=1S/C17H23N5O/c18-13-5-7-21(8-6-13)16-14-3-1-2-4-15(14)17(20-19-16)22-9-11-23-12-10-22/h1-4,13H,5-12,18H2. The Kier molecular flexibility index (Phi) is 4.01. The van der Waals surface area contributed by atoms with Crippen molar-refractivity contribution in [3.05, 3.63) is 24.3 Å². The number of benzene rings is 1. The molecule has 2 aromatic rings. The number of ether oxygens (including phenoxy) is 1. The van der Waals surface area contributed by atoms with Crippen molar-refractivity contribution in [2.75, 3.05) is 49.2 Å².